The maximum atomic E-state index is 5.98. The predicted molar refractivity (Wildman–Crippen MR) is 71.3 cm³/mol. The second-order valence-corrected chi connectivity index (χ2v) is 6.52. The second kappa shape index (κ2) is 5.15. The summed E-state index contributed by atoms with van der Waals surface area (Å²) < 4.78 is 4.55. The van der Waals surface area contributed by atoms with Crippen LogP contribution >= 0.6 is 23.5 Å². The van der Waals surface area contributed by atoms with Crippen LogP contribution in [0.1, 0.15) is 39.0 Å². The lowest BCUT2D eigenvalue weighted by Crippen LogP contribution is -2.07. The summed E-state index contributed by atoms with van der Waals surface area (Å²) in [7, 11) is 0. The van der Waals surface area contributed by atoms with Crippen LogP contribution in [0.15, 0.2) is 10.5 Å². The Bertz CT molecular complexity index is 410. The fourth-order valence-corrected chi connectivity index (χ4v) is 1.72. The van der Waals surface area contributed by atoms with Crippen molar-refractivity contribution < 1.29 is 0 Å². The molecule has 0 atom stereocenters. The summed E-state index contributed by atoms with van der Waals surface area (Å²) in [4.78, 5) is 0. The summed E-state index contributed by atoms with van der Waals surface area (Å²) in [6.45, 7) is 10.2. The van der Waals surface area contributed by atoms with Crippen molar-refractivity contribution in [2.24, 2.45) is 4.40 Å². The lowest BCUT2D eigenvalue weighted by atomic mass is 10.2. The molecule has 88 valence electrons. The predicted octanol–water partition coefficient (Wildman–Crippen LogP) is 3.69. The second-order valence-electron chi connectivity index (χ2n) is 4.57. The summed E-state index contributed by atoms with van der Waals surface area (Å²) in [5.41, 5.74) is 2.57. The van der Waals surface area contributed by atoms with E-state index in [1.165, 1.54) is 11.9 Å². The molecule has 0 radical (unpaired) electrons. The van der Waals surface area contributed by atoms with Gasteiger partial charge in [0, 0.05) is 10.3 Å². The van der Waals surface area contributed by atoms with Crippen molar-refractivity contribution in [2.75, 3.05) is 0 Å². The molecule has 1 rings (SSSR count). The van der Waals surface area contributed by atoms with Gasteiger partial charge in [0.15, 0.2) is 5.15 Å². The highest BCUT2D eigenvalue weighted by Crippen LogP contribution is 2.26. The molecule has 5 heteroatoms. The van der Waals surface area contributed by atoms with E-state index in [9.17, 15) is 0 Å². The minimum atomic E-state index is 0.100. The molecule has 16 heavy (non-hydrogen) atoms. The van der Waals surface area contributed by atoms with Crippen LogP contribution < -0.4 is 0 Å². The van der Waals surface area contributed by atoms with Crippen molar-refractivity contribution in [1.82, 2.24) is 10.2 Å². The van der Waals surface area contributed by atoms with Gasteiger partial charge in [-0.25, -0.2) is 4.40 Å². The third-order valence-corrected chi connectivity index (χ3v) is 2.91. The Kier molecular flexibility index (Phi) is 4.33. The molecule has 1 heterocycles. The molecule has 3 nitrogen and oxygen atoms in total. The fraction of sp³-hybridized carbons (Fsp3) is 0.545. The number of aryl methyl sites for hydroxylation is 1. The Morgan fingerprint density at radius 3 is 2.56 bits per heavy atom. The van der Waals surface area contributed by atoms with Crippen LogP contribution in [0.5, 0.6) is 0 Å². The minimum Gasteiger partial charge on any atom is -0.220 e. The Balaban J connectivity index is 2.96. The van der Waals surface area contributed by atoms with Gasteiger partial charge in [-0.1, -0.05) is 11.6 Å². The van der Waals surface area contributed by atoms with Crippen LogP contribution in [0.2, 0.25) is 5.15 Å². The third kappa shape index (κ3) is 4.10. The van der Waals surface area contributed by atoms with Crippen molar-refractivity contribution in [2.45, 2.75) is 39.4 Å². The van der Waals surface area contributed by atoms with Crippen LogP contribution in [0.4, 0.5) is 0 Å². The first-order valence-electron chi connectivity index (χ1n) is 5.02. The van der Waals surface area contributed by atoms with Gasteiger partial charge in [-0.3, -0.25) is 0 Å². The van der Waals surface area contributed by atoms with E-state index in [1.807, 2.05) is 19.9 Å². The van der Waals surface area contributed by atoms with E-state index in [0.29, 0.717) is 5.15 Å². The van der Waals surface area contributed by atoms with Gasteiger partial charge in [0.1, 0.15) is 0 Å². The summed E-state index contributed by atoms with van der Waals surface area (Å²) in [6, 6.07) is 1.90. The molecule has 0 aromatic carbocycles. The summed E-state index contributed by atoms with van der Waals surface area (Å²) in [6.07, 6.45) is 0. The fourth-order valence-electron chi connectivity index (χ4n) is 0.982. The summed E-state index contributed by atoms with van der Waals surface area (Å²) in [5.74, 6) is 0. The van der Waals surface area contributed by atoms with E-state index in [2.05, 4.69) is 35.4 Å². The Labute approximate surface area is 106 Å². The van der Waals surface area contributed by atoms with Crippen molar-refractivity contribution in [3.63, 3.8) is 0 Å². The summed E-state index contributed by atoms with van der Waals surface area (Å²) in [5, 5.41) is 8.16. The highest BCUT2D eigenvalue weighted by molar-refractivity contribution is 7.99. The van der Waals surface area contributed by atoms with E-state index in [0.717, 1.165) is 17.0 Å². The normalized spacial score (nSPS) is 13.0. The molecule has 0 aliphatic carbocycles. The molecule has 1 aromatic rings. The average molecular weight is 258 g/mol. The average Bonchev–Trinajstić information content (AvgIpc) is 2.17. The van der Waals surface area contributed by atoms with Gasteiger partial charge in [-0.15, -0.1) is 5.10 Å². The third-order valence-electron chi connectivity index (χ3n) is 1.72. The molecule has 0 saturated heterocycles. The molecule has 0 fully saturated rings. The first-order valence-corrected chi connectivity index (χ1v) is 6.18. The largest absolute Gasteiger partial charge is 0.220 e. The lowest BCUT2D eigenvalue weighted by Gasteiger charge is -2.13. The van der Waals surface area contributed by atoms with Gasteiger partial charge in [-0.2, -0.15) is 5.10 Å². The van der Waals surface area contributed by atoms with Gasteiger partial charge in [-0.05, 0) is 52.6 Å². The lowest BCUT2D eigenvalue weighted by molar-refractivity contribution is 0.804. The van der Waals surface area contributed by atoms with Crippen LogP contribution in [-0.4, -0.2) is 20.7 Å². The first-order chi connectivity index (χ1) is 7.29. The molecule has 0 aliphatic rings. The molecule has 0 saturated carbocycles. The number of hydrogen-bond donors (Lipinski definition) is 0. The van der Waals surface area contributed by atoms with Crippen LogP contribution in [0.3, 0.4) is 0 Å². The Morgan fingerprint density at radius 1 is 1.38 bits per heavy atom. The molecule has 1 aromatic heterocycles. The molecule has 0 spiro atoms. The monoisotopic (exact) mass is 257 g/mol. The smallest absolute Gasteiger partial charge is 0.160 e. The van der Waals surface area contributed by atoms with Crippen molar-refractivity contribution in [1.29, 1.82) is 0 Å². The van der Waals surface area contributed by atoms with Crippen LogP contribution in [0.25, 0.3) is 0 Å². The molecule has 0 amide bonds. The molecule has 0 bridgehead atoms. The van der Waals surface area contributed by atoms with Crippen LogP contribution in [0, 0.1) is 6.92 Å². The molecule has 0 N–H and O–H groups in total. The maximum absolute atomic E-state index is 5.98. The topological polar surface area (TPSA) is 38.1 Å². The van der Waals surface area contributed by atoms with Crippen molar-refractivity contribution >= 4 is 29.3 Å². The molecule has 0 aliphatic heterocycles. The van der Waals surface area contributed by atoms with Crippen molar-refractivity contribution in [3.8, 4) is 0 Å². The van der Waals surface area contributed by atoms with E-state index in [1.54, 1.807) is 0 Å². The number of aromatic nitrogens is 2. The van der Waals surface area contributed by atoms with Gasteiger partial charge in [0.25, 0.3) is 0 Å². The van der Waals surface area contributed by atoms with E-state index < -0.39 is 0 Å². The van der Waals surface area contributed by atoms with Gasteiger partial charge >= 0.3 is 0 Å². The number of nitrogens with zero attached hydrogens (tertiary/aromatic N) is 3. The zero-order chi connectivity index (χ0) is 12.3. The van der Waals surface area contributed by atoms with E-state index in [-0.39, 0.29) is 4.75 Å². The molecular formula is C11H16ClN3S. The molecular weight excluding hydrogens is 242 g/mol. The summed E-state index contributed by atoms with van der Waals surface area (Å²) >= 11 is 7.51. The van der Waals surface area contributed by atoms with E-state index in [4.69, 9.17) is 11.6 Å². The standard InChI is InChI=1S/C11H16ClN3S/c1-7-6-9(10(12)14-13-7)8(2)15-16-11(3,4)5/h6H,1-5H3/b15-8+. The number of rotatable bonds is 2. The quantitative estimate of drug-likeness (QED) is 0.599. The Morgan fingerprint density at radius 2 is 2.00 bits per heavy atom. The van der Waals surface area contributed by atoms with Gasteiger partial charge in [0.2, 0.25) is 0 Å². The first kappa shape index (κ1) is 13.5. The minimum absolute atomic E-state index is 0.100. The SMILES string of the molecule is C/C(=N\SC(C)(C)C)c1cc(C)nnc1Cl. The zero-order valence-electron chi connectivity index (χ0n) is 10.2. The molecule has 0 unspecified atom stereocenters. The maximum Gasteiger partial charge on any atom is 0.160 e. The van der Waals surface area contributed by atoms with Gasteiger partial charge in [0.05, 0.1) is 11.4 Å². The van der Waals surface area contributed by atoms with Crippen molar-refractivity contribution in [3.05, 3.63) is 22.5 Å². The number of hydrogen-bond acceptors (Lipinski definition) is 4. The zero-order valence-corrected chi connectivity index (χ0v) is 11.8. The highest BCUT2D eigenvalue weighted by atomic mass is 35.5. The number of halogens is 1. The van der Waals surface area contributed by atoms with E-state index >= 15 is 0 Å². The Hall–Kier alpha value is -0.610. The van der Waals surface area contributed by atoms with Gasteiger partial charge < -0.3 is 0 Å². The van der Waals surface area contributed by atoms with Crippen LogP contribution in [-0.2, 0) is 0 Å². The highest BCUT2D eigenvalue weighted by Gasteiger charge is 2.12.